The van der Waals surface area contributed by atoms with Gasteiger partial charge in [0.1, 0.15) is 6.61 Å². The van der Waals surface area contributed by atoms with E-state index >= 15 is 0 Å². The molecule has 30 heavy (non-hydrogen) atoms. The van der Waals surface area contributed by atoms with Crippen LogP contribution in [-0.2, 0) is 11.2 Å². The van der Waals surface area contributed by atoms with Crippen molar-refractivity contribution in [1.82, 2.24) is 5.32 Å². The second-order valence-electron chi connectivity index (χ2n) is 6.78. The lowest BCUT2D eigenvalue weighted by Crippen LogP contribution is -2.30. The van der Waals surface area contributed by atoms with Crippen LogP contribution in [0.2, 0.25) is 0 Å². The summed E-state index contributed by atoms with van der Waals surface area (Å²) in [4.78, 5) is 24.4. The van der Waals surface area contributed by atoms with Crippen molar-refractivity contribution in [2.45, 2.75) is 18.9 Å². The van der Waals surface area contributed by atoms with Crippen molar-refractivity contribution in [2.75, 3.05) is 35.0 Å². The Labute approximate surface area is 174 Å². The first-order valence-electron chi connectivity index (χ1n) is 9.43. The highest BCUT2D eigenvalue weighted by atomic mass is 16.5. The number of nitrogens with one attached hydrogen (secondary N) is 1. The van der Waals surface area contributed by atoms with Gasteiger partial charge in [0.2, 0.25) is 17.1 Å². The van der Waals surface area contributed by atoms with Crippen molar-refractivity contribution in [3.05, 3.63) is 45.6 Å². The Hall–Kier alpha value is -3.26. The summed E-state index contributed by atoms with van der Waals surface area (Å²) in [5.74, 6) is 1.08. The Morgan fingerprint density at radius 1 is 1.03 bits per heavy atom. The number of rotatable bonds is 6. The third-order valence-electron chi connectivity index (χ3n) is 5.20. The van der Waals surface area contributed by atoms with Crippen LogP contribution in [0.25, 0.3) is 11.1 Å². The fourth-order valence-corrected chi connectivity index (χ4v) is 3.85. The summed E-state index contributed by atoms with van der Waals surface area (Å²) >= 11 is 0. The molecule has 0 fully saturated rings. The fraction of sp³-hybridized carbons (Fsp3) is 0.364. The number of amides is 1. The van der Waals surface area contributed by atoms with E-state index in [-0.39, 0.29) is 11.2 Å². The number of aryl methyl sites for hydroxylation is 1. The number of hydrogen-bond acceptors (Lipinski definition) is 7. The van der Waals surface area contributed by atoms with E-state index in [1.165, 1.54) is 27.4 Å². The Bertz CT molecular complexity index is 1020. The monoisotopic (exact) mass is 415 g/mol. The topological polar surface area (TPSA) is 103 Å². The van der Waals surface area contributed by atoms with Gasteiger partial charge in [-0.2, -0.15) is 0 Å². The van der Waals surface area contributed by atoms with Crippen LogP contribution in [0, 0.1) is 0 Å². The van der Waals surface area contributed by atoms with Gasteiger partial charge in [0, 0.05) is 5.56 Å². The lowest BCUT2D eigenvalue weighted by molar-refractivity contribution is -0.124. The van der Waals surface area contributed by atoms with E-state index in [9.17, 15) is 14.7 Å². The Morgan fingerprint density at radius 3 is 2.33 bits per heavy atom. The van der Waals surface area contributed by atoms with Crippen LogP contribution in [0.4, 0.5) is 0 Å². The van der Waals surface area contributed by atoms with Crippen molar-refractivity contribution in [1.29, 1.82) is 0 Å². The third-order valence-corrected chi connectivity index (χ3v) is 5.20. The van der Waals surface area contributed by atoms with E-state index in [2.05, 4.69) is 5.32 Å². The molecule has 0 aliphatic heterocycles. The zero-order valence-electron chi connectivity index (χ0n) is 17.4. The molecule has 8 heteroatoms. The molecule has 2 N–H and O–H groups in total. The smallest absolute Gasteiger partial charge is 0.246 e. The molecule has 160 valence electrons. The van der Waals surface area contributed by atoms with Gasteiger partial charge in [0.05, 0.1) is 34.5 Å². The number of fused-ring (bicyclic) bond motifs is 3. The normalized spacial score (nSPS) is 14.6. The molecule has 8 nitrogen and oxygen atoms in total. The van der Waals surface area contributed by atoms with Gasteiger partial charge in [-0.25, -0.2) is 0 Å². The fourth-order valence-electron chi connectivity index (χ4n) is 3.85. The highest BCUT2D eigenvalue weighted by Crippen LogP contribution is 2.50. The minimum atomic E-state index is -0.632. The predicted octanol–water partition coefficient (Wildman–Crippen LogP) is 1.84. The van der Waals surface area contributed by atoms with E-state index in [4.69, 9.17) is 18.9 Å². The number of ether oxygens (including phenoxy) is 4. The summed E-state index contributed by atoms with van der Waals surface area (Å²) in [6.45, 7) is -0.632. The minimum absolute atomic E-state index is 0.155. The standard InChI is InChI=1S/C22H25NO7/c1-27-17-10-14-13(6-8-16(17)25)20-12(5-7-15(14)23-19(26)11-24)9-18(28-2)21(29-3)22(20)30-4/h6,8-10,15,24H,5,7,11H2,1-4H3,(H,23,26)/t15-/m0/s1. The number of methoxy groups -OCH3 is 4. The maximum atomic E-state index is 12.4. The third kappa shape index (κ3) is 3.78. The number of carbonyl (C=O) groups excluding carboxylic acids is 1. The molecular formula is C22H25NO7. The summed E-state index contributed by atoms with van der Waals surface area (Å²) in [6.07, 6.45) is 1.12. The van der Waals surface area contributed by atoms with Crippen LogP contribution in [-0.4, -0.2) is 46.1 Å². The lowest BCUT2D eigenvalue weighted by Gasteiger charge is -2.20. The second kappa shape index (κ2) is 9.04. The SMILES string of the molecule is COc1cc2c(c(OC)c1OC)-c1ccc(=O)c(OC)cc1[C@@H](NC(=O)CO)CC2. The van der Waals surface area contributed by atoms with Crippen LogP contribution in [0.3, 0.4) is 0 Å². The van der Waals surface area contributed by atoms with Gasteiger partial charge in [-0.15, -0.1) is 0 Å². The van der Waals surface area contributed by atoms with Crippen LogP contribution in [0.5, 0.6) is 23.0 Å². The molecule has 2 aromatic carbocycles. The molecule has 0 saturated heterocycles. The van der Waals surface area contributed by atoms with Crippen molar-refractivity contribution >= 4 is 5.91 Å². The molecule has 0 bridgehead atoms. The molecule has 0 unspecified atom stereocenters. The molecule has 1 aliphatic rings. The van der Waals surface area contributed by atoms with E-state index in [1.807, 2.05) is 6.07 Å². The quantitative estimate of drug-likeness (QED) is 0.742. The summed E-state index contributed by atoms with van der Waals surface area (Å²) in [6, 6.07) is 6.17. The molecule has 0 heterocycles. The Kier molecular flexibility index (Phi) is 6.47. The number of benzene rings is 1. The number of aliphatic hydroxyl groups excluding tert-OH is 1. The molecule has 0 radical (unpaired) electrons. The van der Waals surface area contributed by atoms with Gasteiger partial charge in [-0.05, 0) is 53.8 Å². The molecule has 1 atom stereocenters. The van der Waals surface area contributed by atoms with E-state index in [0.717, 1.165) is 11.1 Å². The zero-order chi connectivity index (χ0) is 21.8. The maximum absolute atomic E-state index is 12.4. The van der Waals surface area contributed by atoms with Crippen molar-refractivity contribution in [3.8, 4) is 34.1 Å². The summed E-state index contributed by atoms with van der Waals surface area (Å²) in [7, 11) is 6.03. The molecule has 0 saturated carbocycles. The van der Waals surface area contributed by atoms with Gasteiger partial charge < -0.3 is 29.4 Å². The lowest BCUT2D eigenvalue weighted by atomic mass is 9.95. The van der Waals surface area contributed by atoms with Gasteiger partial charge in [0.25, 0.3) is 0 Å². The molecule has 2 aromatic rings. The van der Waals surface area contributed by atoms with Crippen LogP contribution in [0.1, 0.15) is 23.6 Å². The number of carbonyl (C=O) groups is 1. The van der Waals surface area contributed by atoms with Crippen LogP contribution < -0.4 is 29.7 Å². The van der Waals surface area contributed by atoms with E-state index in [1.54, 1.807) is 19.2 Å². The minimum Gasteiger partial charge on any atom is -0.493 e. The summed E-state index contributed by atoms with van der Waals surface area (Å²) in [5.41, 5.74) is 2.76. The highest BCUT2D eigenvalue weighted by Gasteiger charge is 2.29. The summed E-state index contributed by atoms with van der Waals surface area (Å²) in [5, 5.41) is 12.1. The van der Waals surface area contributed by atoms with Crippen LogP contribution >= 0.6 is 0 Å². The molecule has 1 amide bonds. The maximum Gasteiger partial charge on any atom is 0.246 e. The number of aliphatic hydroxyl groups is 1. The van der Waals surface area contributed by atoms with Crippen LogP contribution in [0.15, 0.2) is 29.1 Å². The molecular weight excluding hydrogens is 390 g/mol. The Balaban J connectivity index is 2.39. The number of hydrogen-bond donors (Lipinski definition) is 2. The largest absolute Gasteiger partial charge is 0.493 e. The van der Waals surface area contributed by atoms with Crippen molar-refractivity contribution < 1.29 is 28.8 Å². The summed E-state index contributed by atoms with van der Waals surface area (Å²) < 4.78 is 22.0. The average molecular weight is 415 g/mol. The molecule has 0 spiro atoms. The van der Waals surface area contributed by atoms with Crippen molar-refractivity contribution in [3.63, 3.8) is 0 Å². The molecule has 3 rings (SSSR count). The first-order chi connectivity index (χ1) is 14.5. The second-order valence-corrected chi connectivity index (χ2v) is 6.78. The highest BCUT2D eigenvalue weighted by molar-refractivity contribution is 5.84. The van der Waals surface area contributed by atoms with E-state index < -0.39 is 18.6 Å². The van der Waals surface area contributed by atoms with Gasteiger partial charge in [0.15, 0.2) is 17.2 Å². The Morgan fingerprint density at radius 2 is 1.73 bits per heavy atom. The predicted molar refractivity (Wildman–Crippen MR) is 111 cm³/mol. The van der Waals surface area contributed by atoms with Gasteiger partial charge in [-0.1, -0.05) is 0 Å². The van der Waals surface area contributed by atoms with Gasteiger partial charge in [-0.3, -0.25) is 9.59 Å². The first kappa shape index (κ1) is 21.4. The van der Waals surface area contributed by atoms with Gasteiger partial charge >= 0.3 is 0 Å². The zero-order valence-corrected chi connectivity index (χ0v) is 17.4. The van der Waals surface area contributed by atoms with Crippen molar-refractivity contribution in [2.24, 2.45) is 0 Å². The molecule has 1 aliphatic carbocycles. The first-order valence-corrected chi connectivity index (χ1v) is 9.43. The molecule has 0 aromatic heterocycles. The van der Waals surface area contributed by atoms with E-state index in [0.29, 0.717) is 41.2 Å². The average Bonchev–Trinajstić information content (AvgIpc) is 3.01.